The van der Waals surface area contributed by atoms with E-state index in [1.807, 2.05) is 32.7 Å². The van der Waals surface area contributed by atoms with Gasteiger partial charge in [0.05, 0.1) is 23.8 Å². The van der Waals surface area contributed by atoms with Gasteiger partial charge in [-0.2, -0.15) is 0 Å². The molecule has 2 amide bonds. The second kappa shape index (κ2) is 9.47. The number of carbonyl (C=O) groups is 2. The number of carbonyl (C=O) groups excluding carboxylic acids is 2. The van der Waals surface area contributed by atoms with E-state index in [-0.39, 0.29) is 29.2 Å². The van der Waals surface area contributed by atoms with E-state index in [0.29, 0.717) is 24.6 Å². The summed E-state index contributed by atoms with van der Waals surface area (Å²) >= 11 is 0. The molecule has 0 bridgehead atoms. The molecule has 3 aromatic rings. The summed E-state index contributed by atoms with van der Waals surface area (Å²) in [6, 6.07) is 1.40. The molecule has 1 aliphatic rings. The van der Waals surface area contributed by atoms with E-state index in [2.05, 4.69) is 20.3 Å². The minimum absolute atomic E-state index is 0.115. The summed E-state index contributed by atoms with van der Waals surface area (Å²) in [6.45, 7) is 8.51. The molecular weight excluding hydrogens is 453 g/mol. The zero-order chi connectivity index (χ0) is 25.3. The van der Waals surface area contributed by atoms with Gasteiger partial charge in [0.15, 0.2) is 11.5 Å². The number of aromatic nitrogens is 4. The third kappa shape index (κ3) is 5.67. The maximum Gasteiger partial charge on any atom is 0.410 e. The standard InChI is InChI=1S/C24H30FN7O3/c1-15-13-32-14-16(10-18(25)21(32)28-15)29-22(33)19-11-27-20(12-26-19)30(5)17-6-8-31(9-7-17)23(34)35-24(2,3)4/h10-14,17H,6-9H2,1-5H3,(H,29,33). The van der Waals surface area contributed by atoms with Gasteiger partial charge in [-0.05, 0) is 40.5 Å². The summed E-state index contributed by atoms with van der Waals surface area (Å²) in [5.74, 6) is -0.400. The Hall–Kier alpha value is -3.76. The van der Waals surface area contributed by atoms with Crippen LogP contribution in [0.5, 0.6) is 0 Å². The number of fused-ring (bicyclic) bond motifs is 1. The van der Waals surface area contributed by atoms with Gasteiger partial charge >= 0.3 is 6.09 Å². The summed E-state index contributed by atoms with van der Waals surface area (Å²) in [7, 11) is 1.92. The van der Waals surface area contributed by atoms with Gasteiger partial charge in [-0.1, -0.05) is 0 Å². The van der Waals surface area contributed by atoms with Crippen LogP contribution in [0.15, 0.2) is 30.9 Å². The number of ether oxygens (including phenoxy) is 1. The highest BCUT2D eigenvalue weighted by Gasteiger charge is 2.29. The number of halogens is 1. The molecule has 0 aliphatic carbocycles. The van der Waals surface area contributed by atoms with Crippen molar-refractivity contribution in [2.24, 2.45) is 0 Å². The van der Waals surface area contributed by atoms with Crippen molar-refractivity contribution in [2.75, 3.05) is 30.4 Å². The number of likely N-dealkylation sites (tertiary alicyclic amines) is 1. The van der Waals surface area contributed by atoms with Crippen molar-refractivity contribution < 1.29 is 18.7 Å². The van der Waals surface area contributed by atoms with Crippen LogP contribution in [0.25, 0.3) is 5.65 Å². The number of aryl methyl sites for hydroxylation is 1. The molecule has 35 heavy (non-hydrogen) atoms. The van der Waals surface area contributed by atoms with Crippen molar-refractivity contribution in [3.8, 4) is 0 Å². The number of hydrogen-bond donors (Lipinski definition) is 1. The van der Waals surface area contributed by atoms with Crippen molar-refractivity contribution in [1.29, 1.82) is 0 Å². The second-order valence-electron chi connectivity index (χ2n) is 9.71. The van der Waals surface area contributed by atoms with E-state index in [9.17, 15) is 14.0 Å². The largest absolute Gasteiger partial charge is 0.444 e. The van der Waals surface area contributed by atoms with Crippen molar-refractivity contribution in [3.05, 3.63) is 48.1 Å². The molecular formula is C24H30FN7O3. The molecule has 4 rings (SSSR count). The lowest BCUT2D eigenvalue weighted by Crippen LogP contribution is -2.47. The number of nitrogens with one attached hydrogen (secondary N) is 1. The number of hydrogen-bond acceptors (Lipinski definition) is 7. The first-order valence-electron chi connectivity index (χ1n) is 11.5. The first kappa shape index (κ1) is 24.4. The highest BCUT2D eigenvalue weighted by molar-refractivity contribution is 6.02. The van der Waals surface area contributed by atoms with E-state index >= 15 is 0 Å². The Kier molecular flexibility index (Phi) is 6.60. The minimum Gasteiger partial charge on any atom is -0.444 e. The number of piperidine rings is 1. The molecule has 11 heteroatoms. The van der Waals surface area contributed by atoms with Crippen LogP contribution < -0.4 is 10.2 Å². The van der Waals surface area contributed by atoms with Crippen LogP contribution in [-0.4, -0.2) is 68.0 Å². The molecule has 10 nitrogen and oxygen atoms in total. The summed E-state index contributed by atoms with van der Waals surface area (Å²) in [4.78, 5) is 41.4. The molecule has 1 saturated heterocycles. The molecule has 1 fully saturated rings. The Morgan fingerprint density at radius 2 is 1.89 bits per heavy atom. The molecule has 0 unspecified atom stereocenters. The van der Waals surface area contributed by atoms with Gasteiger partial charge in [0.2, 0.25) is 0 Å². The monoisotopic (exact) mass is 483 g/mol. The lowest BCUT2D eigenvalue weighted by atomic mass is 10.0. The fourth-order valence-electron chi connectivity index (χ4n) is 4.01. The van der Waals surface area contributed by atoms with E-state index in [1.165, 1.54) is 22.9 Å². The summed E-state index contributed by atoms with van der Waals surface area (Å²) in [5.41, 5.74) is 0.757. The molecule has 0 aromatic carbocycles. The molecule has 1 aliphatic heterocycles. The van der Waals surface area contributed by atoms with Gasteiger partial charge in [0, 0.05) is 44.6 Å². The average Bonchev–Trinajstić information content (AvgIpc) is 3.18. The third-order valence-electron chi connectivity index (χ3n) is 5.78. The lowest BCUT2D eigenvalue weighted by Gasteiger charge is -2.37. The van der Waals surface area contributed by atoms with Crippen LogP contribution in [0.4, 0.5) is 20.7 Å². The van der Waals surface area contributed by atoms with Gasteiger partial charge in [0.1, 0.15) is 17.1 Å². The van der Waals surface area contributed by atoms with Crippen LogP contribution in [0.3, 0.4) is 0 Å². The smallest absolute Gasteiger partial charge is 0.410 e. The quantitative estimate of drug-likeness (QED) is 0.604. The highest BCUT2D eigenvalue weighted by atomic mass is 19.1. The maximum atomic E-state index is 14.3. The molecule has 1 N–H and O–H groups in total. The number of anilines is 2. The molecule has 0 saturated carbocycles. The van der Waals surface area contributed by atoms with Crippen molar-refractivity contribution >= 4 is 29.2 Å². The van der Waals surface area contributed by atoms with E-state index in [4.69, 9.17) is 4.74 Å². The summed E-state index contributed by atoms with van der Waals surface area (Å²) in [5, 5.41) is 2.65. The lowest BCUT2D eigenvalue weighted by molar-refractivity contribution is 0.0205. The first-order valence-corrected chi connectivity index (χ1v) is 11.5. The molecule has 3 aromatic heterocycles. The molecule has 4 heterocycles. The van der Waals surface area contributed by atoms with Gasteiger partial charge in [0.25, 0.3) is 5.91 Å². The van der Waals surface area contributed by atoms with E-state index < -0.39 is 17.3 Å². The fraction of sp³-hybridized carbons (Fsp3) is 0.458. The molecule has 0 atom stereocenters. The van der Waals surface area contributed by atoms with E-state index in [0.717, 1.165) is 12.8 Å². The molecule has 0 radical (unpaired) electrons. The van der Waals surface area contributed by atoms with Gasteiger partial charge in [-0.25, -0.2) is 24.1 Å². The number of nitrogens with zero attached hydrogens (tertiary/aromatic N) is 6. The summed E-state index contributed by atoms with van der Waals surface area (Å²) < 4.78 is 21.3. The Morgan fingerprint density at radius 1 is 1.17 bits per heavy atom. The third-order valence-corrected chi connectivity index (χ3v) is 5.78. The van der Waals surface area contributed by atoms with Crippen molar-refractivity contribution in [3.63, 3.8) is 0 Å². The SMILES string of the molecule is Cc1cn2cc(NC(=O)c3cnc(N(C)C4CCN(C(=O)OC(C)(C)C)CC4)cn3)cc(F)c2n1. The van der Waals surface area contributed by atoms with Crippen LogP contribution in [0, 0.1) is 12.7 Å². The number of imidazole rings is 1. The Labute approximate surface area is 203 Å². The zero-order valence-electron chi connectivity index (χ0n) is 20.6. The molecule has 186 valence electrons. The van der Waals surface area contributed by atoms with Crippen LogP contribution in [0.1, 0.15) is 49.8 Å². The van der Waals surface area contributed by atoms with Crippen molar-refractivity contribution in [2.45, 2.75) is 52.2 Å². The fourth-order valence-corrected chi connectivity index (χ4v) is 4.01. The van der Waals surface area contributed by atoms with Crippen molar-refractivity contribution in [1.82, 2.24) is 24.3 Å². The van der Waals surface area contributed by atoms with Crippen LogP contribution >= 0.6 is 0 Å². The Morgan fingerprint density at radius 3 is 2.51 bits per heavy atom. The second-order valence-corrected chi connectivity index (χ2v) is 9.71. The van der Waals surface area contributed by atoms with E-state index in [1.54, 1.807) is 24.2 Å². The Balaban J connectivity index is 1.35. The van der Waals surface area contributed by atoms with Gasteiger partial charge < -0.3 is 24.3 Å². The van der Waals surface area contributed by atoms with Crippen LogP contribution in [0.2, 0.25) is 0 Å². The summed E-state index contributed by atoms with van der Waals surface area (Å²) in [6.07, 6.45) is 7.44. The number of rotatable bonds is 4. The number of pyridine rings is 1. The predicted molar refractivity (Wildman–Crippen MR) is 129 cm³/mol. The highest BCUT2D eigenvalue weighted by Crippen LogP contribution is 2.22. The number of amides is 2. The normalized spacial score (nSPS) is 14.7. The average molecular weight is 484 g/mol. The molecule has 0 spiro atoms. The van der Waals surface area contributed by atoms with Gasteiger partial charge in [-0.15, -0.1) is 0 Å². The topological polar surface area (TPSA) is 105 Å². The van der Waals surface area contributed by atoms with Crippen LogP contribution in [-0.2, 0) is 4.74 Å². The zero-order valence-corrected chi connectivity index (χ0v) is 20.6. The maximum absolute atomic E-state index is 14.3. The Bertz CT molecular complexity index is 1230. The predicted octanol–water partition coefficient (Wildman–Crippen LogP) is 3.66. The van der Waals surface area contributed by atoms with Gasteiger partial charge in [-0.3, -0.25) is 4.79 Å². The minimum atomic E-state index is -0.531. The first-order chi connectivity index (χ1) is 16.5.